The molecule has 4 nitrogen and oxygen atoms in total. The minimum absolute atomic E-state index is 0.300. The second kappa shape index (κ2) is 6.66. The summed E-state index contributed by atoms with van der Waals surface area (Å²) < 4.78 is 0. The Labute approximate surface area is 129 Å². The van der Waals surface area contributed by atoms with Crippen LogP contribution in [-0.2, 0) is 4.79 Å². The number of carbonyl (C=O) groups excluding carboxylic acids is 1. The standard InChI is InChI=1S/C17H31N3O/c1-17(7-8-18-13-17)14-19-11-5-15(6-12-19)16(21)20-9-3-2-4-10-20/h15,18H,2-14H2,1H3. The number of rotatable bonds is 3. The zero-order chi connectivity index (χ0) is 14.7. The van der Waals surface area contributed by atoms with Gasteiger partial charge >= 0.3 is 0 Å². The first-order valence-electron chi connectivity index (χ1n) is 8.88. The van der Waals surface area contributed by atoms with E-state index in [1.165, 1.54) is 38.8 Å². The second-order valence-electron chi connectivity index (χ2n) is 7.67. The van der Waals surface area contributed by atoms with Crippen molar-refractivity contribution in [3.63, 3.8) is 0 Å². The van der Waals surface area contributed by atoms with E-state index in [0.29, 0.717) is 17.2 Å². The summed E-state index contributed by atoms with van der Waals surface area (Å²) >= 11 is 0. The lowest BCUT2D eigenvalue weighted by Gasteiger charge is -2.38. The molecule has 1 atom stereocenters. The van der Waals surface area contributed by atoms with Gasteiger partial charge in [0, 0.05) is 32.1 Å². The highest BCUT2D eigenvalue weighted by Gasteiger charge is 2.34. The predicted octanol–water partition coefficient (Wildman–Crippen LogP) is 1.71. The molecule has 120 valence electrons. The number of nitrogens with one attached hydrogen (secondary N) is 1. The van der Waals surface area contributed by atoms with Crippen molar-refractivity contribution in [2.45, 2.75) is 45.4 Å². The number of amides is 1. The van der Waals surface area contributed by atoms with E-state index in [1.54, 1.807) is 0 Å². The van der Waals surface area contributed by atoms with Crippen molar-refractivity contribution >= 4 is 5.91 Å². The number of hydrogen-bond acceptors (Lipinski definition) is 3. The SMILES string of the molecule is CC1(CN2CCC(C(=O)N3CCCCC3)CC2)CCNC1. The molecule has 0 aromatic carbocycles. The highest BCUT2D eigenvalue weighted by atomic mass is 16.2. The van der Waals surface area contributed by atoms with Gasteiger partial charge in [0.2, 0.25) is 5.91 Å². The number of nitrogens with zero attached hydrogens (tertiary/aromatic N) is 2. The summed E-state index contributed by atoms with van der Waals surface area (Å²) in [6.45, 7) is 10.1. The Morgan fingerprint density at radius 3 is 2.48 bits per heavy atom. The molecule has 3 rings (SSSR count). The van der Waals surface area contributed by atoms with Gasteiger partial charge in [0.05, 0.1) is 0 Å². The van der Waals surface area contributed by atoms with Crippen LogP contribution >= 0.6 is 0 Å². The van der Waals surface area contributed by atoms with Crippen LogP contribution in [0.4, 0.5) is 0 Å². The molecule has 1 N–H and O–H groups in total. The molecule has 3 aliphatic heterocycles. The van der Waals surface area contributed by atoms with Crippen molar-refractivity contribution in [3.05, 3.63) is 0 Å². The summed E-state index contributed by atoms with van der Waals surface area (Å²) in [6.07, 6.45) is 7.14. The molecule has 0 spiro atoms. The van der Waals surface area contributed by atoms with Gasteiger partial charge in [0.25, 0.3) is 0 Å². The predicted molar refractivity (Wildman–Crippen MR) is 85.2 cm³/mol. The van der Waals surface area contributed by atoms with E-state index < -0.39 is 0 Å². The van der Waals surface area contributed by atoms with E-state index in [-0.39, 0.29) is 0 Å². The van der Waals surface area contributed by atoms with Crippen LogP contribution in [0.5, 0.6) is 0 Å². The molecule has 0 radical (unpaired) electrons. The van der Waals surface area contributed by atoms with E-state index in [1.807, 2.05) is 0 Å². The van der Waals surface area contributed by atoms with Crippen molar-refractivity contribution < 1.29 is 4.79 Å². The Hall–Kier alpha value is -0.610. The molecule has 4 heteroatoms. The molecule has 1 amide bonds. The molecular formula is C17H31N3O. The highest BCUT2D eigenvalue weighted by molar-refractivity contribution is 5.79. The Kier molecular flexibility index (Phi) is 4.85. The molecular weight excluding hydrogens is 262 g/mol. The fourth-order valence-electron chi connectivity index (χ4n) is 4.25. The molecule has 3 saturated heterocycles. The fourth-order valence-corrected chi connectivity index (χ4v) is 4.25. The first-order valence-corrected chi connectivity index (χ1v) is 8.88. The smallest absolute Gasteiger partial charge is 0.225 e. The molecule has 3 heterocycles. The number of piperidine rings is 2. The van der Waals surface area contributed by atoms with Crippen LogP contribution in [0.25, 0.3) is 0 Å². The first-order chi connectivity index (χ1) is 10.2. The molecule has 1 unspecified atom stereocenters. The van der Waals surface area contributed by atoms with E-state index in [9.17, 15) is 4.79 Å². The maximum absolute atomic E-state index is 12.6. The van der Waals surface area contributed by atoms with E-state index in [4.69, 9.17) is 0 Å². The summed E-state index contributed by atoms with van der Waals surface area (Å²) in [7, 11) is 0. The monoisotopic (exact) mass is 293 g/mol. The molecule has 0 saturated carbocycles. The van der Waals surface area contributed by atoms with Crippen LogP contribution < -0.4 is 5.32 Å². The lowest BCUT2D eigenvalue weighted by atomic mass is 9.87. The number of carbonyl (C=O) groups is 1. The average molecular weight is 293 g/mol. The summed E-state index contributed by atoms with van der Waals surface area (Å²) in [5.74, 6) is 0.747. The molecule has 0 aromatic heterocycles. The second-order valence-corrected chi connectivity index (χ2v) is 7.67. The topological polar surface area (TPSA) is 35.6 Å². The van der Waals surface area contributed by atoms with E-state index in [0.717, 1.165) is 45.6 Å². The maximum Gasteiger partial charge on any atom is 0.225 e. The largest absolute Gasteiger partial charge is 0.342 e. The van der Waals surface area contributed by atoms with Gasteiger partial charge in [-0.2, -0.15) is 0 Å². The van der Waals surface area contributed by atoms with E-state index in [2.05, 4.69) is 22.0 Å². The molecule has 0 bridgehead atoms. The highest BCUT2D eigenvalue weighted by Crippen LogP contribution is 2.29. The molecule has 0 aliphatic carbocycles. The van der Waals surface area contributed by atoms with Crippen molar-refractivity contribution in [2.75, 3.05) is 45.8 Å². The lowest BCUT2D eigenvalue weighted by molar-refractivity contribution is -0.138. The third-order valence-corrected chi connectivity index (χ3v) is 5.67. The zero-order valence-corrected chi connectivity index (χ0v) is 13.6. The van der Waals surface area contributed by atoms with Gasteiger partial charge in [-0.15, -0.1) is 0 Å². The van der Waals surface area contributed by atoms with Gasteiger partial charge in [-0.25, -0.2) is 0 Å². The molecule has 0 aromatic rings. The van der Waals surface area contributed by atoms with Crippen LogP contribution in [0.15, 0.2) is 0 Å². The van der Waals surface area contributed by atoms with Crippen LogP contribution in [0.3, 0.4) is 0 Å². The van der Waals surface area contributed by atoms with Gasteiger partial charge in [-0.1, -0.05) is 6.92 Å². The van der Waals surface area contributed by atoms with Crippen LogP contribution in [-0.4, -0.2) is 61.5 Å². The van der Waals surface area contributed by atoms with Gasteiger partial charge in [0.15, 0.2) is 0 Å². The molecule has 3 fully saturated rings. The van der Waals surface area contributed by atoms with Gasteiger partial charge in [-0.3, -0.25) is 4.79 Å². The van der Waals surface area contributed by atoms with Crippen molar-refractivity contribution in [2.24, 2.45) is 11.3 Å². The third-order valence-electron chi connectivity index (χ3n) is 5.67. The van der Waals surface area contributed by atoms with Gasteiger partial charge < -0.3 is 15.1 Å². The normalized spacial score (nSPS) is 32.5. The fraction of sp³-hybridized carbons (Fsp3) is 0.941. The Bertz CT molecular complexity index is 351. The lowest BCUT2D eigenvalue weighted by Crippen LogP contribution is -2.46. The Morgan fingerprint density at radius 1 is 1.14 bits per heavy atom. The van der Waals surface area contributed by atoms with Gasteiger partial charge in [0.1, 0.15) is 0 Å². The summed E-state index contributed by atoms with van der Waals surface area (Å²) in [4.78, 5) is 17.3. The van der Waals surface area contributed by atoms with Crippen LogP contribution in [0.1, 0.15) is 45.4 Å². The van der Waals surface area contributed by atoms with Gasteiger partial charge in [-0.05, 0) is 63.6 Å². The van der Waals surface area contributed by atoms with Crippen LogP contribution in [0.2, 0.25) is 0 Å². The Balaban J connectivity index is 1.45. The number of likely N-dealkylation sites (tertiary alicyclic amines) is 2. The average Bonchev–Trinajstić information content (AvgIpc) is 2.94. The number of hydrogen-bond donors (Lipinski definition) is 1. The van der Waals surface area contributed by atoms with E-state index >= 15 is 0 Å². The van der Waals surface area contributed by atoms with Crippen molar-refractivity contribution in [1.29, 1.82) is 0 Å². The summed E-state index contributed by atoms with van der Waals surface area (Å²) in [5.41, 5.74) is 0.448. The minimum atomic E-state index is 0.300. The first kappa shape index (κ1) is 15.3. The van der Waals surface area contributed by atoms with Crippen molar-refractivity contribution in [3.8, 4) is 0 Å². The third kappa shape index (κ3) is 3.78. The minimum Gasteiger partial charge on any atom is -0.342 e. The summed E-state index contributed by atoms with van der Waals surface area (Å²) in [5, 5.41) is 3.48. The van der Waals surface area contributed by atoms with Crippen molar-refractivity contribution in [1.82, 2.24) is 15.1 Å². The zero-order valence-electron chi connectivity index (χ0n) is 13.6. The summed E-state index contributed by atoms with van der Waals surface area (Å²) in [6, 6.07) is 0. The quantitative estimate of drug-likeness (QED) is 0.860. The maximum atomic E-state index is 12.6. The van der Waals surface area contributed by atoms with Crippen LogP contribution in [0, 0.1) is 11.3 Å². The molecule has 3 aliphatic rings. The Morgan fingerprint density at radius 2 is 1.86 bits per heavy atom. The molecule has 21 heavy (non-hydrogen) atoms.